The fraction of sp³-hybridized carbons (Fsp3) is 0.480. The summed E-state index contributed by atoms with van der Waals surface area (Å²) in [6.45, 7) is 7.19. The molecule has 1 aliphatic rings. The van der Waals surface area contributed by atoms with Crippen LogP contribution in [0, 0.1) is 0 Å². The number of nitrogens with zero attached hydrogens (tertiary/aromatic N) is 2. The van der Waals surface area contributed by atoms with Crippen molar-refractivity contribution in [3.8, 4) is 5.75 Å². The first kappa shape index (κ1) is 26.4. The molecule has 7 heteroatoms. The minimum atomic E-state index is 0. The predicted octanol–water partition coefficient (Wildman–Crippen LogP) is 4.35. The summed E-state index contributed by atoms with van der Waals surface area (Å²) in [4.78, 5) is 7.35. The van der Waals surface area contributed by atoms with E-state index in [1.165, 1.54) is 29.5 Å². The molecule has 1 fully saturated rings. The second-order valence-corrected chi connectivity index (χ2v) is 7.83. The monoisotopic (exact) mass is 552 g/mol. The van der Waals surface area contributed by atoms with E-state index in [4.69, 9.17) is 14.5 Å². The molecule has 1 atom stereocenters. The standard InChI is InChI=1S/C25H36N4O2.HI/c1-4-26-25(27-17-20-11-13-21(14-12-20)19-30-2)28-18-23(29-15-7-8-16-29)22-9-5-6-10-24(22)31-3;/h5-6,9-14,23H,4,7-8,15-19H2,1-3H3,(H2,26,27,28);1H. The van der Waals surface area contributed by atoms with Crippen LogP contribution >= 0.6 is 24.0 Å². The third kappa shape index (κ3) is 7.64. The highest BCUT2D eigenvalue weighted by Gasteiger charge is 2.26. The minimum absolute atomic E-state index is 0. The number of nitrogens with one attached hydrogen (secondary N) is 2. The summed E-state index contributed by atoms with van der Waals surface area (Å²) in [5, 5.41) is 6.95. The van der Waals surface area contributed by atoms with Crippen molar-refractivity contribution < 1.29 is 9.47 Å². The van der Waals surface area contributed by atoms with E-state index in [1.807, 2.05) is 12.1 Å². The largest absolute Gasteiger partial charge is 0.496 e. The number of hydrogen-bond acceptors (Lipinski definition) is 4. The van der Waals surface area contributed by atoms with E-state index in [2.05, 4.69) is 58.9 Å². The summed E-state index contributed by atoms with van der Waals surface area (Å²) < 4.78 is 10.9. The maximum Gasteiger partial charge on any atom is 0.191 e. The Balaban J connectivity index is 0.00000363. The van der Waals surface area contributed by atoms with Gasteiger partial charge in [-0.25, -0.2) is 4.99 Å². The summed E-state index contributed by atoms with van der Waals surface area (Å²) in [5.74, 6) is 1.78. The highest BCUT2D eigenvalue weighted by atomic mass is 127. The maximum atomic E-state index is 5.66. The maximum absolute atomic E-state index is 5.66. The molecule has 0 aromatic heterocycles. The average Bonchev–Trinajstić information content (AvgIpc) is 3.33. The van der Waals surface area contributed by atoms with Crippen LogP contribution in [0.25, 0.3) is 0 Å². The number of benzene rings is 2. The van der Waals surface area contributed by atoms with Gasteiger partial charge in [0.25, 0.3) is 0 Å². The number of ether oxygens (including phenoxy) is 2. The molecule has 176 valence electrons. The molecule has 0 saturated carbocycles. The van der Waals surface area contributed by atoms with Gasteiger partial charge in [0, 0.05) is 25.8 Å². The van der Waals surface area contributed by atoms with Crippen molar-refractivity contribution in [3.63, 3.8) is 0 Å². The van der Waals surface area contributed by atoms with E-state index < -0.39 is 0 Å². The van der Waals surface area contributed by atoms with Gasteiger partial charge >= 0.3 is 0 Å². The molecule has 0 amide bonds. The van der Waals surface area contributed by atoms with Gasteiger partial charge in [-0.05, 0) is 50.0 Å². The SMILES string of the molecule is CCNC(=NCc1ccc(COC)cc1)NCC(c1ccccc1OC)N1CCCC1.I. The lowest BCUT2D eigenvalue weighted by Crippen LogP contribution is -2.42. The van der Waals surface area contributed by atoms with Crippen LogP contribution in [0.1, 0.15) is 42.5 Å². The van der Waals surface area contributed by atoms with E-state index in [-0.39, 0.29) is 30.0 Å². The van der Waals surface area contributed by atoms with Crippen molar-refractivity contribution in [2.24, 2.45) is 4.99 Å². The zero-order valence-electron chi connectivity index (χ0n) is 19.5. The van der Waals surface area contributed by atoms with E-state index in [0.29, 0.717) is 13.2 Å². The number of methoxy groups -OCH3 is 2. The molecule has 1 heterocycles. The topological polar surface area (TPSA) is 58.1 Å². The Morgan fingerprint density at radius 2 is 1.69 bits per heavy atom. The van der Waals surface area contributed by atoms with Gasteiger partial charge in [-0.3, -0.25) is 4.90 Å². The molecule has 1 aliphatic heterocycles. The number of halogens is 1. The highest BCUT2D eigenvalue weighted by Crippen LogP contribution is 2.31. The second kappa shape index (κ2) is 14.3. The Hall–Kier alpha value is -1.84. The van der Waals surface area contributed by atoms with Crippen LogP contribution in [-0.4, -0.2) is 51.3 Å². The smallest absolute Gasteiger partial charge is 0.191 e. The van der Waals surface area contributed by atoms with Gasteiger partial charge in [-0.1, -0.05) is 42.5 Å². The van der Waals surface area contributed by atoms with Gasteiger partial charge in [-0.15, -0.1) is 24.0 Å². The van der Waals surface area contributed by atoms with Crippen molar-refractivity contribution >= 4 is 29.9 Å². The van der Waals surface area contributed by atoms with Crippen LogP contribution in [0.4, 0.5) is 0 Å². The number of aliphatic imine (C=N–C) groups is 1. The molecule has 2 aromatic rings. The molecule has 2 aromatic carbocycles. The summed E-state index contributed by atoms with van der Waals surface area (Å²) in [7, 11) is 3.46. The Morgan fingerprint density at radius 3 is 2.34 bits per heavy atom. The molecule has 32 heavy (non-hydrogen) atoms. The highest BCUT2D eigenvalue weighted by molar-refractivity contribution is 14.0. The van der Waals surface area contributed by atoms with Crippen LogP contribution in [0.15, 0.2) is 53.5 Å². The normalized spacial score (nSPS) is 15.2. The number of likely N-dealkylation sites (tertiary alicyclic amines) is 1. The molecule has 0 aliphatic carbocycles. The predicted molar refractivity (Wildman–Crippen MR) is 142 cm³/mol. The summed E-state index contributed by atoms with van der Waals surface area (Å²) in [6.07, 6.45) is 2.50. The van der Waals surface area contributed by atoms with Gasteiger partial charge in [0.2, 0.25) is 0 Å². The van der Waals surface area contributed by atoms with Gasteiger partial charge in [0.15, 0.2) is 5.96 Å². The lowest BCUT2D eigenvalue weighted by atomic mass is 10.0. The zero-order valence-corrected chi connectivity index (χ0v) is 21.8. The number of rotatable bonds is 10. The van der Waals surface area contributed by atoms with Crippen molar-refractivity contribution in [3.05, 3.63) is 65.2 Å². The van der Waals surface area contributed by atoms with Gasteiger partial charge in [0.05, 0.1) is 26.3 Å². The van der Waals surface area contributed by atoms with Crippen LogP contribution in [0.3, 0.4) is 0 Å². The Bertz CT molecular complexity index is 823. The summed E-state index contributed by atoms with van der Waals surface area (Å²) >= 11 is 0. The van der Waals surface area contributed by atoms with Crippen LogP contribution in [0.2, 0.25) is 0 Å². The molecular weight excluding hydrogens is 515 g/mol. The minimum Gasteiger partial charge on any atom is -0.496 e. The third-order valence-electron chi connectivity index (χ3n) is 5.64. The van der Waals surface area contributed by atoms with Crippen molar-refractivity contribution in [2.75, 3.05) is 40.4 Å². The van der Waals surface area contributed by atoms with Gasteiger partial charge < -0.3 is 20.1 Å². The summed E-state index contributed by atoms with van der Waals surface area (Å²) in [6, 6.07) is 17.0. The fourth-order valence-electron chi connectivity index (χ4n) is 4.04. The van der Waals surface area contributed by atoms with Crippen LogP contribution in [-0.2, 0) is 17.9 Å². The first-order chi connectivity index (χ1) is 15.2. The van der Waals surface area contributed by atoms with E-state index in [1.54, 1.807) is 14.2 Å². The molecule has 0 bridgehead atoms. The van der Waals surface area contributed by atoms with Gasteiger partial charge in [0.1, 0.15) is 5.75 Å². The van der Waals surface area contributed by atoms with Crippen LogP contribution < -0.4 is 15.4 Å². The number of hydrogen-bond donors (Lipinski definition) is 2. The first-order valence-corrected chi connectivity index (χ1v) is 11.2. The quantitative estimate of drug-likeness (QED) is 0.261. The van der Waals surface area contributed by atoms with E-state index >= 15 is 0 Å². The molecule has 0 spiro atoms. The van der Waals surface area contributed by atoms with E-state index in [0.717, 1.165) is 37.9 Å². The van der Waals surface area contributed by atoms with Crippen molar-refractivity contribution in [2.45, 2.75) is 39.0 Å². The van der Waals surface area contributed by atoms with Crippen molar-refractivity contribution in [1.29, 1.82) is 0 Å². The average molecular weight is 553 g/mol. The van der Waals surface area contributed by atoms with Gasteiger partial charge in [-0.2, -0.15) is 0 Å². The van der Waals surface area contributed by atoms with E-state index in [9.17, 15) is 0 Å². The number of para-hydroxylation sites is 1. The molecule has 2 N–H and O–H groups in total. The Morgan fingerprint density at radius 1 is 1.00 bits per heavy atom. The molecule has 0 radical (unpaired) electrons. The third-order valence-corrected chi connectivity index (χ3v) is 5.64. The molecule has 1 saturated heterocycles. The number of guanidine groups is 1. The Kier molecular flexibility index (Phi) is 11.8. The molecule has 3 rings (SSSR count). The first-order valence-electron chi connectivity index (χ1n) is 11.2. The van der Waals surface area contributed by atoms with Crippen molar-refractivity contribution in [1.82, 2.24) is 15.5 Å². The van der Waals surface area contributed by atoms with Crippen LogP contribution in [0.5, 0.6) is 5.75 Å². The zero-order chi connectivity index (χ0) is 21.9. The lowest BCUT2D eigenvalue weighted by Gasteiger charge is -2.30. The molecular formula is C25H37IN4O2. The molecule has 1 unspecified atom stereocenters. The molecule has 6 nitrogen and oxygen atoms in total. The fourth-order valence-corrected chi connectivity index (χ4v) is 4.04. The Labute approximate surface area is 209 Å². The second-order valence-electron chi connectivity index (χ2n) is 7.83. The lowest BCUT2D eigenvalue weighted by molar-refractivity contribution is 0.185. The summed E-state index contributed by atoms with van der Waals surface area (Å²) in [5.41, 5.74) is 3.58.